The number of alkyl halides is 3. The fourth-order valence-corrected chi connectivity index (χ4v) is 5.86. The smallest absolute Gasteiger partial charge is 0.443 e. The van der Waals surface area contributed by atoms with E-state index in [0.717, 1.165) is 5.56 Å². The number of hydrogen-bond acceptors (Lipinski definition) is 6. The first-order valence-corrected chi connectivity index (χ1v) is 12.7. The fourth-order valence-electron chi connectivity index (χ4n) is 5.10. The molecule has 0 unspecified atom stereocenters. The van der Waals surface area contributed by atoms with Crippen LogP contribution < -0.4 is 0 Å². The Morgan fingerprint density at radius 1 is 1.05 bits per heavy atom. The Bertz CT molecular complexity index is 1330. The van der Waals surface area contributed by atoms with Crippen molar-refractivity contribution in [1.82, 2.24) is 24.3 Å². The summed E-state index contributed by atoms with van der Waals surface area (Å²) in [6.07, 6.45) is -2.87. The molecule has 8 nitrogen and oxygen atoms in total. The zero-order valence-electron chi connectivity index (χ0n) is 19.8. The number of aromatic nitrogens is 2. The molecule has 2 aliphatic rings. The van der Waals surface area contributed by atoms with Crippen LogP contribution in [0, 0.1) is 5.82 Å². The number of carboxylic acids is 1. The summed E-state index contributed by atoms with van der Waals surface area (Å²) in [6, 6.07) is 4.74. The number of nitrogens with zero attached hydrogens (tertiary/aromatic N) is 5. The van der Waals surface area contributed by atoms with Crippen LogP contribution in [0.4, 0.5) is 17.6 Å². The number of hydrogen-bond donors (Lipinski definition) is 1. The zero-order chi connectivity index (χ0) is 26.3. The Labute approximate surface area is 213 Å². The molecule has 37 heavy (non-hydrogen) atoms. The van der Waals surface area contributed by atoms with E-state index < -0.39 is 23.0 Å². The lowest BCUT2D eigenvalue weighted by Gasteiger charge is -2.35. The van der Waals surface area contributed by atoms with Crippen LogP contribution in [-0.4, -0.2) is 87.0 Å². The SMILES string of the molecule is O=C(O)CN1CCN(CC(=O)N2CCc3c(n(Cc4cnc(C(F)(F)F)s4)c4c(F)cccc34)C2)CC1. The van der Waals surface area contributed by atoms with E-state index >= 15 is 0 Å². The van der Waals surface area contributed by atoms with E-state index in [2.05, 4.69) is 4.98 Å². The van der Waals surface area contributed by atoms with Gasteiger partial charge in [-0.05, 0) is 18.1 Å². The lowest BCUT2D eigenvalue weighted by atomic mass is 10.0. The molecule has 0 aliphatic carbocycles. The van der Waals surface area contributed by atoms with Crippen molar-refractivity contribution < 1.29 is 32.3 Å². The number of carbonyl (C=O) groups is 2. The average molecular weight is 540 g/mol. The van der Waals surface area contributed by atoms with Gasteiger partial charge in [-0.15, -0.1) is 11.3 Å². The maximum absolute atomic E-state index is 15.0. The molecule has 1 amide bonds. The minimum Gasteiger partial charge on any atom is -0.480 e. The molecule has 0 radical (unpaired) electrons. The van der Waals surface area contributed by atoms with Gasteiger partial charge in [-0.1, -0.05) is 12.1 Å². The third-order valence-electron chi connectivity index (χ3n) is 6.87. The molecular formula is C24H25F4N5O3S. The summed E-state index contributed by atoms with van der Waals surface area (Å²) < 4.78 is 55.9. The zero-order valence-corrected chi connectivity index (χ0v) is 20.6. The molecule has 13 heteroatoms. The summed E-state index contributed by atoms with van der Waals surface area (Å²) in [5, 5.41) is 8.71. The molecular weight excluding hydrogens is 514 g/mol. The molecule has 1 N–H and O–H groups in total. The summed E-state index contributed by atoms with van der Waals surface area (Å²) in [7, 11) is 0. The van der Waals surface area contributed by atoms with Gasteiger partial charge >= 0.3 is 12.1 Å². The van der Waals surface area contributed by atoms with Crippen molar-refractivity contribution >= 4 is 34.1 Å². The van der Waals surface area contributed by atoms with E-state index in [-0.39, 0.29) is 32.1 Å². The molecule has 4 heterocycles. The van der Waals surface area contributed by atoms with E-state index in [1.807, 2.05) is 9.80 Å². The first-order chi connectivity index (χ1) is 17.6. The van der Waals surface area contributed by atoms with E-state index in [1.54, 1.807) is 21.6 Å². The standard InChI is InChI=1S/C24H25F4N5O3S/c25-18-3-1-2-17-16-4-5-32(20(34)13-30-6-8-31(9-7-30)14-21(35)36)12-19(16)33(22(17)18)11-15-10-29-23(37-15)24(26,27)28/h1-3,10H,4-9,11-14H2,(H,35,36). The second kappa shape index (κ2) is 10.0. The van der Waals surface area contributed by atoms with Crippen LogP contribution in [0.25, 0.3) is 10.9 Å². The number of halogens is 4. The highest BCUT2D eigenvalue weighted by atomic mass is 32.1. The van der Waals surface area contributed by atoms with Crippen molar-refractivity contribution in [2.45, 2.75) is 25.7 Å². The number of carboxylic acid groups (broad SMARTS) is 1. The van der Waals surface area contributed by atoms with E-state index in [1.165, 1.54) is 12.3 Å². The van der Waals surface area contributed by atoms with Gasteiger partial charge in [0.15, 0.2) is 5.01 Å². The van der Waals surface area contributed by atoms with Gasteiger partial charge < -0.3 is 14.6 Å². The number of amides is 1. The molecule has 0 atom stereocenters. The predicted octanol–water partition coefficient (Wildman–Crippen LogP) is 2.89. The van der Waals surface area contributed by atoms with Crippen LogP contribution in [0.1, 0.15) is 21.1 Å². The molecule has 2 aliphatic heterocycles. The van der Waals surface area contributed by atoms with Crippen molar-refractivity contribution in [3.8, 4) is 0 Å². The van der Waals surface area contributed by atoms with Gasteiger partial charge in [-0.3, -0.25) is 19.4 Å². The van der Waals surface area contributed by atoms with E-state index in [9.17, 15) is 27.2 Å². The Balaban J connectivity index is 1.35. The van der Waals surface area contributed by atoms with Gasteiger partial charge in [0.05, 0.1) is 31.7 Å². The summed E-state index contributed by atoms with van der Waals surface area (Å²) in [5.41, 5.74) is 1.94. The van der Waals surface area contributed by atoms with Crippen LogP contribution in [0.5, 0.6) is 0 Å². The third-order valence-corrected chi connectivity index (χ3v) is 7.90. The van der Waals surface area contributed by atoms with Crippen molar-refractivity contribution in [2.75, 3.05) is 45.8 Å². The highest BCUT2D eigenvalue weighted by Crippen LogP contribution is 2.36. The Morgan fingerprint density at radius 2 is 1.76 bits per heavy atom. The van der Waals surface area contributed by atoms with Crippen LogP contribution >= 0.6 is 11.3 Å². The minimum atomic E-state index is -4.55. The number of carbonyl (C=O) groups excluding carboxylic acids is 1. The van der Waals surface area contributed by atoms with Crippen molar-refractivity contribution in [3.05, 3.63) is 51.4 Å². The normalized spacial score (nSPS) is 17.4. The number of aliphatic carboxylic acids is 1. The van der Waals surface area contributed by atoms with Gasteiger partial charge in [-0.2, -0.15) is 13.2 Å². The van der Waals surface area contributed by atoms with Gasteiger partial charge in [0.1, 0.15) is 5.82 Å². The van der Waals surface area contributed by atoms with Crippen LogP contribution in [-0.2, 0) is 35.3 Å². The maximum Gasteiger partial charge on any atom is 0.443 e. The van der Waals surface area contributed by atoms with Crippen molar-refractivity contribution in [1.29, 1.82) is 0 Å². The molecule has 1 aromatic carbocycles. The number of piperazine rings is 1. The summed E-state index contributed by atoms with van der Waals surface area (Å²) in [5.74, 6) is -1.44. The second-order valence-electron chi connectivity index (χ2n) is 9.29. The van der Waals surface area contributed by atoms with Gasteiger partial charge in [-0.25, -0.2) is 9.37 Å². The van der Waals surface area contributed by atoms with Crippen LogP contribution in [0.3, 0.4) is 0 Å². The number of fused-ring (bicyclic) bond motifs is 3. The highest BCUT2D eigenvalue weighted by Gasteiger charge is 2.35. The maximum atomic E-state index is 15.0. The Hall–Kier alpha value is -3.03. The first kappa shape index (κ1) is 25.6. The van der Waals surface area contributed by atoms with Crippen molar-refractivity contribution in [3.63, 3.8) is 0 Å². The number of rotatable bonds is 6. The number of benzene rings is 1. The quantitative estimate of drug-likeness (QED) is 0.486. The largest absolute Gasteiger partial charge is 0.480 e. The summed E-state index contributed by atoms with van der Waals surface area (Å²) in [4.78, 5) is 33.4. The van der Waals surface area contributed by atoms with Crippen molar-refractivity contribution in [2.24, 2.45) is 0 Å². The minimum absolute atomic E-state index is 0.0219. The van der Waals surface area contributed by atoms with Gasteiger partial charge in [0.25, 0.3) is 0 Å². The first-order valence-electron chi connectivity index (χ1n) is 11.8. The van der Waals surface area contributed by atoms with Crippen LogP contribution in [0.15, 0.2) is 24.4 Å². The Morgan fingerprint density at radius 3 is 2.41 bits per heavy atom. The molecule has 3 aromatic rings. The summed E-state index contributed by atoms with van der Waals surface area (Å²) in [6.45, 7) is 3.15. The second-order valence-corrected chi connectivity index (χ2v) is 10.4. The molecule has 1 fully saturated rings. The van der Waals surface area contributed by atoms with Crippen LogP contribution in [0.2, 0.25) is 0 Å². The monoisotopic (exact) mass is 539 g/mol. The third kappa shape index (κ3) is 5.34. The van der Waals surface area contributed by atoms with E-state index in [4.69, 9.17) is 5.11 Å². The molecule has 2 aromatic heterocycles. The molecule has 198 valence electrons. The molecule has 0 bridgehead atoms. The lowest BCUT2D eigenvalue weighted by Crippen LogP contribution is -2.51. The highest BCUT2D eigenvalue weighted by molar-refractivity contribution is 7.11. The Kier molecular flexibility index (Phi) is 6.94. The fraction of sp³-hybridized carbons (Fsp3) is 0.458. The number of thiazole rings is 1. The molecule has 1 saturated heterocycles. The lowest BCUT2D eigenvalue weighted by molar-refractivity contribution is -0.139. The molecule has 0 spiro atoms. The van der Waals surface area contributed by atoms with E-state index in [0.29, 0.717) is 72.0 Å². The predicted molar refractivity (Wildman–Crippen MR) is 128 cm³/mol. The average Bonchev–Trinajstić information content (AvgIpc) is 3.44. The molecule has 5 rings (SSSR count). The summed E-state index contributed by atoms with van der Waals surface area (Å²) >= 11 is 0.530. The number of para-hydroxylation sites is 1. The van der Waals surface area contributed by atoms with Gasteiger partial charge in [0, 0.05) is 54.9 Å². The van der Waals surface area contributed by atoms with Gasteiger partial charge in [0.2, 0.25) is 5.91 Å². The molecule has 0 saturated carbocycles. The topological polar surface area (TPSA) is 81.9 Å².